The number of nitriles is 1. The van der Waals surface area contributed by atoms with Gasteiger partial charge in [-0.3, -0.25) is 0 Å². The van der Waals surface area contributed by atoms with Crippen LogP contribution in [-0.4, -0.2) is 8.42 Å². The molecule has 98 valence electrons. The Morgan fingerprint density at radius 3 is 2.47 bits per heavy atom. The molecule has 0 amide bonds. The van der Waals surface area contributed by atoms with Gasteiger partial charge >= 0.3 is 0 Å². The molecule has 0 radical (unpaired) electrons. The van der Waals surface area contributed by atoms with Crippen molar-refractivity contribution in [3.63, 3.8) is 0 Å². The molecule has 0 bridgehead atoms. The fourth-order valence-corrected chi connectivity index (χ4v) is 2.65. The summed E-state index contributed by atoms with van der Waals surface area (Å²) in [6, 6.07) is 10.3. The van der Waals surface area contributed by atoms with E-state index in [4.69, 9.17) is 9.68 Å². The van der Waals surface area contributed by atoms with Gasteiger partial charge in [0.2, 0.25) is 10.0 Å². The van der Waals surface area contributed by atoms with Gasteiger partial charge in [-0.1, -0.05) is 17.7 Å². The second-order valence-electron chi connectivity index (χ2n) is 4.01. The highest BCUT2D eigenvalue weighted by molar-refractivity contribution is 7.89. The van der Waals surface area contributed by atoms with Crippen LogP contribution in [0.2, 0.25) is 0 Å². The molecule has 0 fully saturated rings. The van der Waals surface area contributed by atoms with E-state index in [-0.39, 0.29) is 10.7 Å². The van der Waals surface area contributed by atoms with Crippen molar-refractivity contribution < 1.29 is 12.8 Å². The van der Waals surface area contributed by atoms with E-state index in [1.165, 1.54) is 18.4 Å². The number of furan rings is 1. The minimum absolute atomic E-state index is 0.116. The van der Waals surface area contributed by atoms with Crippen LogP contribution >= 0.6 is 0 Å². The zero-order chi connectivity index (χ0) is 13.9. The van der Waals surface area contributed by atoms with Crippen molar-refractivity contribution in [3.05, 3.63) is 54.0 Å². The number of hydrogen-bond acceptors (Lipinski definition) is 4. The molecule has 0 saturated carbocycles. The molecule has 1 N–H and O–H groups in total. The average molecular weight is 276 g/mol. The lowest BCUT2D eigenvalue weighted by molar-refractivity contribution is 0.479. The summed E-state index contributed by atoms with van der Waals surface area (Å²) in [5.41, 5.74) is 0.960. The van der Waals surface area contributed by atoms with Crippen LogP contribution in [0.1, 0.15) is 17.4 Å². The third kappa shape index (κ3) is 3.02. The molecule has 0 aliphatic heterocycles. The van der Waals surface area contributed by atoms with E-state index >= 15 is 0 Å². The van der Waals surface area contributed by atoms with Gasteiger partial charge in [0.15, 0.2) is 6.04 Å². The second kappa shape index (κ2) is 5.26. The van der Waals surface area contributed by atoms with Gasteiger partial charge in [0, 0.05) is 0 Å². The number of sulfonamides is 1. The summed E-state index contributed by atoms with van der Waals surface area (Å²) < 4.78 is 31.5. The minimum Gasteiger partial charge on any atom is -0.467 e. The van der Waals surface area contributed by atoms with Crippen molar-refractivity contribution in [1.82, 2.24) is 4.72 Å². The van der Waals surface area contributed by atoms with Gasteiger partial charge in [-0.2, -0.15) is 9.98 Å². The van der Waals surface area contributed by atoms with E-state index in [2.05, 4.69) is 4.72 Å². The topological polar surface area (TPSA) is 83.1 Å². The lowest BCUT2D eigenvalue weighted by atomic mass is 10.2. The van der Waals surface area contributed by atoms with Crippen molar-refractivity contribution in [3.8, 4) is 6.07 Å². The van der Waals surface area contributed by atoms with Gasteiger partial charge in [0.25, 0.3) is 0 Å². The van der Waals surface area contributed by atoms with Crippen molar-refractivity contribution in [2.45, 2.75) is 17.9 Å². The molecule has 5 nitrogen and oxygen atoms in total. The molecule has 6 heteroatoms. The molecule has 1 unspecified atom stereocenters. The molecule has 2 rings (SSSR count). The molecular weight excluding hydrogens is 264 g/mol. The van der Waals surface area contributed by atoms with Crippen molar-refractivity contribution in [1.29, 1.82) is 5.26 Å². The third-order valence-corrected chi connectivity index (χ3v) is 4.00. The van der Waals surface area contributed by atoms with Crippen LogP contribution in [0.25, 0.3) is 0 Å². The highest BCUT2D eigenvalue weighted by Crippen LogP contribution is 2.17. The molecule has 0 spiro atoms. The fourth-order valence-electron chi connectivity index (χ4n) is 1.54. The molecule has 1 heterocycles. The zero-order valence-corrected chi connectivity index (χ0v) is 11.0. The van der Waals surface area contributed by atoms with Gasteiger partial charge in [0.1, 0.15) is 5.76 Å². The van der Waals surface area contributed by atoms with E-state index in [9.17, 15) is 8.42 Å². The van der Waals surface area contributed by atoms with Crippen molar-refractivity contribution in [2.75, 3.05) is 0 Å². The molecule has 2 aromatic rings. The van der Waals surface area contributed by atoms with Crippen molar-refractivity contribution in [2.24, 2.45) is 0 Å². The summed E-state index contributed by atoms with van der Waals surface area (Å²) in [5.74, 6) is 0.262. The Kier molecular flexibility index (Phi) is 3.69. The zero-order valence-electron chi connectivity index (χ0n) is 10.2. The average Bonchev–Trinajstić information content (AvgIpc) is 2.90. The summed E-state index contributed by atoms with van der Waals surface area (Å²) in [7, 11) is -3.75. The molecule has 0 aliphatic rings. The summed E-state index contributed by atoms with van der Waals surface area (Å²) in [4.78, 5) is 0.116. The van der Waals surface area contributed by atoms with Crippen molar-refractivity contribution >= 4 is 10.0 Å². The quantitative estimate of drug-likeness (QED) is 0.927. The van der Waals surface area contributed by atoms with Crippen LogP contribution in [-0.2, 0) is 10.0 Å². The van der Waals surface area contributed by atoms with Crippen LogP contribution < -0.4 is 4.72 Å². The molecule has 0 saturated heterocycles. The highest BCUT2D eigenvalue weighted by atomic mass is 32.2. The van der Waals surface area contributed by atoms with Gasteiger partial charge in [0.05, 0.1) is 17.2 Å². The first-order valence-electron chi connectivity index (χ1n) is 5.55. The first kappa shape index (κ1) is 13.3. The number of hydrogen-bond donors (Lipinski definition) is 1. The fraction of sp³-hybridized carbons (Fsp3) is 0.154. The van der Waals surface area contributed by atoms with Gasteiger partial charge in [-0.05, 0) is 31.2 Å². The van der Waals surface area contributed by atoms with Crippen LogP contribution in [0.15, 0.2) is 52.0 Å². The summed E-state index contributed by atoms with van der Waals surface area (Å²) in [6.07, 6.45) is 1.39. The molecule has 1 aromatic heterocycles. The summed E-state index contributed by atoms with van der Waals surface area (Å²) in [6.45, 7) is 1.87. The molecular formula is C13H12N2O3S. The SMILES string of the molecule is Cc1ccc(S(=O)(=O)NC(C#N)c2ccco2)cc1. The molecule has 1 aromatic carbocycles. The largest absolute Gasteiger partial charge is 0.467 e. The Labute approximate surface area is 111 Å². The third-order valence-electron chi connectivity index (χ3n) is 2.56. The second-order valence-corrected chi connectivity index (χ2v) is 5.73. The normalized spacial score (nSPS) is 12.8. The maximum absolute atomic E-state index is 12.1. The maximum atomic E-state index is 12.1. The number of aryl methyl sites for hydroxylation is 1. The predicted octanol–water partition coefficient (Wildman–Crippen LogP) is 2.13. The number of benzene rings is 1. The Morgan fingerprint density at radius 2 is 1.95 bits per heavy atom. The van der Waals surface area contributed by atoms with E-state index in [0.29, 0.717) is 0 Å². The first-order chi connectivity index (χ1) is 9.03. The molecule has 0 aliphatic carbocycles. The summed E-state index contributed by atoms with van der Waals surface area (Å²) >= 11 is 0. The Balaban J connectivity index is 2.26. The number of nitrogens with one attached hydrogen (secondary N) is 1. The lowest BCUT2D eigenvalue weighted by Gasteiger charge is -2.10. The van der Waals surface area contributed by atoms with E-state index < -0.39 is 16.1 Å². The van der Waals surface area contributed by atoms with Crippen LogP contribution in [0.3, 0.4) is 0 Å². The van der Waals surface area contributed by atoms with E-state index in [0.717, 1.165) is 5.56 Å². The van der Waals surface area contributed by atoms with Gasteiger partial charge in [-0.25, -0.2) is 8.42 Å². The van der Waals surface area contributed by atoms with E-state index in [1.807, 2.05) is 13.0 Å². The van der Waals surface area contributed by atoms with Crippen LogP contribution in [0.4, 0.5) is 0 Å². The smallest absolute Gasteiger partial charge is 0.242 e. The monoisotopic (exact) mass is 276 g/mol. The number of rotatable bonds is 4. The minimum atomic E-state index is -3.75. The van der Waals surface area contributed by atoms with Crippen LogP contribution in [0.5, 0.6) is 0 Å². The van der Waals surface area contributed by atoms with Gasteiger partial charge in [-0.15, -0.1) is 0 Å². The van der Waals surface area contributed by atoms with Crippen LogP contribution in [0, 0.1) is 18.3 Å². The molecule has 19 heavy (non-hydrogen) atoms. The van der Waals surface area contributed by atoms with E-state index in [1.54, 1.807) is 24.3 Å². The Morgan fingerprint density at radius 1 is 1.26 bits per heavy atom. The predicted molar refractivity (Wildman–Crippen MR) is 68.6 cm³/mol. The lowest BCUT2D eigenvalue weighted by Crippen LogP contribution is -2.27. The number of nitrogens with zero attached hydrogens (tertiary/aromatic N) is 1. The summed E-state index contributed by atoms with van der Waals surface area (Å²) in [5, 5.41) is 9.02. The Hall–Kier alpha value is -2.10. The van der Waals surface area contributed by atoms with Gasteiger partial charge < -0.3 is 4.42 Å². The molecule has 1 atom stereocenters. The standard InChI is InChI=1S/C13H12N2O3S/c1-10-4-6-11(7-5-10)19(16,17)15-12(9-14)13-3-2-8-18-13/h2-8,12,15H,1H3. The highest BCUT2D eigenvalue weighted by Gasteiger charge is 2.22. The Bertz CT molecular complexity index is 682. The maximum Gasteiger partial charge on any atom is 0.242 e. The first-order valence-corrected chi connectivity index (χ1v) is 7.03.